The van der Waals surface area contributed by atoms with Gasteiger partial charge in [-0.3, -0.25) is 4.68 Å². The van der Waals surface area contributed by atoms with Crippen LogP contribution < -0.4 is 10.6 Å². The van der Waals surface area contributed by atoms with Gasteiger partial charge in [-0.1, -0.05) is 0 Å². The van der Waals surface area contributed by atoms with E-state index in [0.717, 1.165) is 18.5 Å². The fourth-order valence-corrected chi connectivity index (χ4v) is 4.29. The highest BCUT2D eigenvalue weighted by molar-refractivity contribution is 5.27. The summed E-state index contributed by atoms with van der Waals surface area (Å²) < 4.78 is 1.99. The first-order valence-corrected chi connectivity index (χ1v) is 8.06. The van der Waals surface area contributed by atoms with Crippen molar-refractivity contribution in [1.29, 1.82) is 0 Å². The second-order valence-corrected chi connectivity index (χ2v) is 8.09. The van der Waals surface area contributed by atoms with E-state index in [0.29, 0.717) is 12.1 Å². The summed E-state index contributed by atoms with van der Waals surface area (Å²) in [5, 5.41) is 12.1. The lowest BCUT2D eigenvalue weighted by Gasteiger charge is -2.47. The standard InChI is InChI=1S/C17H32N4/c1-11(15-12(2)19-21(8)13(15)3)18-14-9-16(4,5)20-17(6,7)10-14/h11,14,18,20H,9-10H2,1-8H3. The van der Waals surface area contributed by atoms with Crippen molar-refractivity contribution in [1.82, 2.24) is 20.4 Å². The molecule has 0 spiro atoms. The van der Waals surface area contributed by atoms with E-state index in [1.165, 1.54) is 11.3 Å². The van der Waals surface area contributed by atoms with Crippen molar-refractivity contribution in [2.24, 2.45) is 7.05 Å². The summed E-state index contributed by atoms with van der Waals surface area (Å²) in [5.41, 5.74) is 4.12. The van der Waals surface area contributed by atoms with E-state index in [-0.39, 0.29) is 11.1 Å². The Balaban J connectivity index is 2.14. The number of nitrogens with zero attached hydrogens (tertiary/aromatic N) is 2. The van der Waals surface area contributed by atoms with Crippen molar-refractivity contribution in [2.75, 3.05) is 0 Å². The van der Waals surface area contributed by atoms with Crippen LogP contribution in [0, 0.1) is 13.8 Å². The van der Waals surface area contributed by atoms with Crippen LogP contribution in [0.2, 0.25) is 0 Å². The minimum Gasteiger partial charge on any atom is -0.307 e. The van der Waals surface area contributed by atoms with Crippen LogP contribution in [0.1, 0.15) is 70.5 Å². The van der Waals surface area contributed by atoms with Crippen LogP contribution in [-0.2, 0) is 7.05 Å². The van der Waals surface area contributed by atoms with Gasteiger partial charge >= 0.3 is 0 Å². The lowest BCUT2D eigenvalue weighted by molar-refractivity contribution is 0.141. The van der Waals surface area contributed by atoms with E-state index in [1.807, 2.05) is 11.7 Å². The highest BCUT2D eigenvalue weighted by Crippen LogP contribution is 2.30. The molecule has 4 nitrogen and oxygen atoms in total. The van der Waals surface area contributed by atoms with Gasteiger partial charge in [0.25, 0.3) is 0 Å². The van der Waals surface area contributed by atoms with Crippen LogP contribution in [0.3, 0.4) is 0 Å². The highest BCUT2D eigenvalue weighted by Gasteiger charge is 2.38. The Morgan fingerprint density at radius 3 is 2.14 bits per heavy atom. The number of hydrogen-bond donors (Lipinski definition) is 2. The van der Waals surface area contributed by atoms with Gasteiger partial charge < -0.3 is 10.6 Å². The fourth-order valence-electron chi connectivity index (χ4n) is 4.29. The summed E-state index contributed by atoms with van der Waals surface area (Å²) in [5.74, 6) is 0. The van der Waals surface area contributed by atoms with Crippen LogP contribution in [0.15, 0.2) is 0 Å². The molecule has 0 bridgehead atoms. The lowest BCUT2D eigenvalue weighted by Crippen LogP contribution is -2.61. The minimum absolute atomic E-state index is 0.179. The molecule has 120 valence electrons. The molecule has 4 heteroatoms. The molecule has 1 aromatic rings. The normalized spacial score (nSPS) is 23.2. The number of aromatic nitrogens is 2. The number of rotatable bonds is 3. The molecule has 1 aliphatic heterocycles. The molecular formula is C17H32N4. The first-order valence-electron chi connectivity index (χ1n) is 8.06. The Kier molecular flexibility index (Phi) is 4.24. The molecule has 2 rings (SSSR count). The molecule has 0 radical (unpaired) electrons. The largest absolute Gasteiger partial charge is 0.307 e. The maximum Gasteiger partial charge on any atom is 0.0644 e. The summed E-state index contributed by atoms with van der Waals surface area (Å²) >= 11 is 0. The van der Waals surface area contributed by atoms with Gasteiger partial charge in [0.15, 0.2) is 0 Å². The Bertz CT molecular complexity index is 497. The molecular weight excluding hydrogens is 260 g/mol. The van der Waals surface area contributed by atoms with E-state index in [4.69, 9.17) is 0 Å². The average molecular weight is 292 g/mol. The molecule has 1 aromatic heterocycles. The first kappa shape index (κ1) is 16.5. The Hall–Kier alpha value is -0.870. The third kappa shape index (κ3) is 3.67. The molecule has 0 saturated carbocycles. The summed E-state index contributed by atoms with van der Waals surface area (Å²) in [6.45, 7) is 15.7. The molecule has 1 saturated heterocycles. The van der Waals surface area contributed by atoms with E-state index < -0.39 is 0 Å². The number of aryl methyl sites for hydroxylation is 2. The lowest BCUT2D eigenvalue weighted by atomic mass is 9.79. The summed E-state index contributed by atoms with van der Waals surface area (Å²) in [6.07, 6.45) is 2.30. The van der Waals surface area contributed by atoms with Gasteiger partial charge in [-0.05, 0) is 61.3 Å². The van der Waals surface area contributed by atoms with Gasteiger partial charge in [-0.25, -0.2) is 0 Å². The van der Waals surface area contributed by atoms with Crippen LogP contribution in [-0.4, -0.2) is 26.9 Å². The molecule has 1 fully saturated rings. The Morgan fingerprint density at radius 2 is 1.71 bits per heavy atom. The van der Waals surface area contributed by atoms with Crippen molar-refractivity contribution in [3.05, 3.63) is 17.0 Å². The quantitative estimate of drug-likeness (QED) is 0.900. The monoisotopic (exact) mass is 292 g/mol. The molecule has 0 aliphatic carbocycles. The van der Waals surface area contributed by atoms with Crippen molar-refractivity contribution in [2.45, 2.75) is 84.5 Å². The van der Waals surface area contributed by atoms with Gasteiger partial charge in [0.2, 0.25) is 0 Å². The summed E-state index contributed by atoms with van der Waals surface area (Å²) in [4.78, 5) is 0. The third-order valence-electron chi connectivity index (χ3n) is 4.67. The highest BCUT2D eigenvalue weighted by atomic mass is 15.3. The number of piperidine rings is 1. The first-order chi connectivity index (χ1) is 9.51. The molecule has 1 aliphatic rings. The van der Waals surface area contributed by atoms with Gasteiger partial charge in [-0.2, -0.15) is 5.10 Å². The van der Waals surface area contributed by atoms with E-state index in [9.17, 15) is 0 Å². The van der Waals surface area contributed by atoms with Crippen LogP contribution in [0.5, 0.6) is 0 Å². The topological polar surface area (TPSA) is 41.9 Å². The summed E-state index contributed by atoms with van der Waals surface area (Å²) in [7, 11) is 2.02. The number of nitrogens with one attached hydrogen (secondary N) is 2. The van der Waals surface area contributed by atoms with Gasteiger partial charge in [-0.15, -0.1) is 0 Å². The second kappa shape index (κ2) is 5.40. The van der Waals surface area contributed by atoms with E-state index in [2.05, 4.69) is 64.2 Å². The minimum atomic E-state index is 0.179. The zero-order valence-electron chi connectivity index (χ0n) is 15.0. The smallest absolute Gasteiger partial charge is 0.0644 e. The summed E-state index contributed by atoms with van der Waals surface area (Å²) in [6, 6.07) is 0.874. The van der Waals surface area contributed by atoms with Gasteiger partial charge in [0, 0.05) is 41.5 Å². The molecule has 1 unspecified atom stereocenters. The predicted molar refractivity (Wildman–Crippen MR) is 88.5 cm³/mol. The maximum absolute atomic E-state index is 4.55. The third-order valence-corrected chi connectivity index (χ3v) is 4.67. The van der Waals surface area contributed by atoms with Gasteiger partial charge in [0.1, 0.15) is 0 Å². The zero-order valence-corrected chi connectivity index (χ0v) is 15.0. The second-order valence-electron chi connectivity index (χ2n) is 8.09. The SMILES string of the molecule is Cc1nn(C)c(C)c1C(C)NC1CC(C)(C)NC(C)(C)C1. The van der Waals surface area contributed by atoms with E-state index in [1.54, 1.807) is 0 Å². The van der Waals surface area contributed by atoms with Gasteiger partial charge in [0.05, 0.1) is 5.69 Å². The average Bonchev–Trinajstić information content (AvgIpc) is 2.47. The van der Waals surface area contributed by atoms with Crippen molar-refractivity contribution in [3.63, 3.8) is 0 Å². The van der Waals surface area contributed by atoms with Crippen molar-refractivity contribution >= 4 is 0 Å². The predicted octanol–water partition coefficient (Wildman–Crippen LogP) is 3.00. The zero-order chi connectivity index (χ0) is 16.0. The molecule has 1 atom stereocenters. The van der Waals surface area contributed by atoms with Crippen LogP contribution in [0.4, 0.5) is 0 Å². The van der Waals surface area contributed by atoms with Crippen LogP contribution >= 0.6 is 0 Å². The molecule has 0 aromatic carbocycles. The molecule has 2 N–H and O–H groups in total. The van der Waals surface area contributed by atoms with Crippen molar-refractivity contribution < 1.29 is 0 Å². The van der Waals surface area contributed by atoms with Crippen LogP contribution in [0.25, 0.3) is 0 Å². The van der Waals surface area contributed by atoms with E-state index >= 15 is 0 Å². The molecule has 2 heterocycles. The fraction of sp³-hybridized carbons (Fsp3) is 0.824. The Labute approximate surface area is 129 Å². The number of hydrogen-bond acceptors (Lipinski definition) is 3. The Morgan fingerprint density at radius 1 is 1.19 bits per heavy atom. The molecule has 0 amide bonds. The maximum atomic E-state index is 4.55. The van der Waals surface area contributed by atoms with Crippen molar-refractivity contribution in [3.8, 4) is 0 Å². The molecule has 21 heavy (non-hydrogen) atoms.